The van der Waals surface area contributed by atoms with Gasteiger partial charge in [-0.3, -0.25) is 6.08 Å². The van der Waals surface area contributed by atoms with Gasteiger partial charge in [-0.25, -0.2) is 11.6 Å². The molecule has 0 spiro atoms. The standard InChI is InChI=1S/C13H23OSi.2ClH.Ti/c1-11(12-9-7-8-10-12)15(5,6)14-13(2,3)4;;;/h7,9,11H,8H2,1-6H3;2*1H;/q-1;;;+3/p-2. The third-order valence-corrected chi connectivity index (χ3v) is 6.34. The van der Waals surface area contributed by atoms with Crippen molar-refractivity contribution in [1.29, 1.82) is 0 Å². The first-order valence-electron chi connectivity index (χ1n) is 5.70. The molecule has 0 heterocycles. The van der Waals surface area contributed by atoms with Crippen molar-refractivity contribution in [3.8, 4) is 0 Å². The second-order valence-electron chi connectivity index (χ2n) is 5.78. The van der Waals surface area contributed by atoms with Crippen molar-refractivity contribution >= 4 is 8.32 Å². The van der Waals surface area contributed by atoms with Gasteiger partial charge in [0.1, 0.15) is 0 Å². The molecule has 103 valence electrons. The Bertz CT molecular complexity index is 296. The average molecular weight is 342 g/mol. The summed E-state index contributed by atoms with van der Waals surface area (Å²) in [6.45, 7) is 13.3. The zero-order chi connectivity index (χ0) is 11.7. The third-order valence-electron chi connectivity index (χ3n) is 2.80. The topological polar surface area (TPSA) is 9.23 Å². The van der Waals surface area contributed by atoms with E-state index in [1.165, 1.54) is 5.57 Å². The van der Waals surface area contributed by atoms with Crippen molar-refractivity contribution in [2.24, 2.45) is 0 Å². The first-order valence-corrected chi connectivity index (χ1v) is 8.68. The van der Waals surface area contributed by atoms with Crippen LogP contribution < -0.4 is 24.8 Å². The van der Waals surface area contributed by atoms with Gasteiger partial charge in [-0.05, 0) is 39.4 Å². The van der Waals surface area contributed by atoms with Crippen LogP contribution in [0.1, 0.15) is 34.1 Å². The maximum absolute atomic E-state index is 6.24. The molecule has 1 atom stereocenters. The van der Waals surface area contributed by atoms with E-state index in [0.29, 0.717) is 5.54 Å². The van der Waals surface area contributed by atoms with Gasteiger partial charge in [-0.15, -0.1) is 6.42 Å². The Labute approximate surface area is 141 Å². The molecule has 1 radical (unpaired) electrons. The van der Waals surface area contributed by atoms with Gasteiger partial charge in [0.25, 0.3) is 0 Å². The molecular weight excluding hydrogens is 319 g/mol. The van der Waals surface area contributed by atoms with Crippen molar-refractivity contribution in [1.82, 2.24) is 0 Å². The molecule has 0 amide bonds. The molecule has 0 saturated heterocycles. The number of hydrogen-bond donors (Lipinski definition) is 0. The van der Waals surface area contributed by atoms with Crippen molar-refractivity contribution in [2.75, 3.05) is 0 Å². The minimum absolute atomic E-state index is 0. The molecule has 0 aliphatic heterocycles. The Kier molecular flexibility index (Phi) is 12.0. The molecule has 0 aromatic heterocycles. The van der Waals surface area contributed by atoms with Crippen LogP contribution in [-0.2, 0) is 26.1 Å². The van der Waals surface area contributed by atoms with Gasteiger partial charge < -0.3 is 29.2 Å². The van der Waals surface area contributed by atoms with Crippen LogP contribution in [0.25, 0.3) is 0 Å². The monoisotopic (exact) mass is 341 g/mol. The molecule has 0 aromatic rings. The fourth-order valence-electron chi connectivity index (χ4n) is 1.97. The quantitative estimate of drug-likeness (QED) is 0.430. The van der Waals surface area contributed by atoms with E-state index in [1.807, 2.05) is 0 Å². The van der Waals surface area contributed by atoms with Crippen LogP contribution in [-0.4, -0.2) is 13.9 Å². The molecule has 0 saturated carbocycles. The third kappa shape index (κ3) is 7.52. The first kappa shape index (κ1) is 24.0. The summed E-state index contributed by atoms with van der Waals surface area (Å²) in [5, 5.41) is 0. The van der Waals surface area contributed by atoms with E-state index in [4.69, 9.17) is 4.43 Å². The number of halogens is 2. The molecule has 0 N–H and O–H groups in total. The number of hydrogen-bond acceptors (Lipinski definition) is 1. The second kappa shape index (κ2) is 8.99. The van der Waals surface area contributed by atoms with Crippen LogP contribution in [0, 0.1) is 6.08 Å². The minimum atomic E-state index is -1.66. The largest absolute Gasteiger partial charge is 3.00 e. The Balaban J connectivity index is -0.000000750. The van der Waals surface area contributed by atoms with E-state index in [9.17, 15) is 0 Å². The summed E-state index contributed by atoms with van der Waals surface area (Å²) in [5.74, 6) is 0. The van der Waals surface area contributed by atoms with Crippen molar-refractivity contribution in [3.63, 3.8) is 0 Å². The van der Waals surface area contributed by atoms with Crippen LogP contribution in [0.4, 0.5) is 0 Å². The van der Waals surface area contributed by atoms with Gasteiger partial charge in [0, 0.05) is 5.60 Å². The van der Waals surface area contributed by atoms with Gasteiger partial charge in [0.05, 0.1) is 0 Å². The smallest absolute Gasteiger partial charge is 1.00 e. The molecular formula is C13H23Cl2OSiTi. The Hall–Kier alpha value is 0.951. The van der Waals surface area contributed by atoms with E-state index in [1.54, 1.807) is 0 Å². The number of allylic oxidation sites excluding steroid dienone is 4. The van der Waals surface area contributed by atoms with Crippen molar-refractivity contribution < 1.29 is 51.0 Å². The summed E-state index contributed by atoms with van der Waals surface area (Å²) in [5.41, 5.74) is 1.83. The van der Waals surface area contributed by atoms with Gasteiger partial charge in [0.15, 0.2) is 8.32 Å². The first-order chi connectivity index (χ1) is 6.72. The summed E-state index contributed by atoms with van der Waals surface area (Å²) >= 11 is 0. The van der Waals surface area contributed by atoms with E-state index >= 15 is 0 Å². The molecule has 0 bridgehead atoms. The predicted octanol–water partition coefficient (Wildman–Crippen LogP) is -1.91. The summed E-state index contributed by atoms with van der Waals surface area (Å²) in [4.78, 5) is 0. The predicted molar refractivity (Wildman–Crippen MR) is 68.3 cm³/mol. The van der Waals surface area contributed by atoms with E-state index in [0.717, 1.165) is 6.42 Å². The van der Waals surface area contributed by atoms with E-state index in [2.05, 4.69) is 59.0 Å². The summed E-state index contributed by atoms with van der Waals surface area (Å²) < 4.78 is 6.24. The zero-order valence-corrected chi connectivity index (χ0v) is 16.2. The van der Waals surface area contributed by atoms with Crippen LogP contribution >= 0.6 is 0 Å². The van der Waals surface area contributed by atoms with Gasteiger partial charge in [-0.2, -0.15) is 6.08 Å². The molecule has 0 fully saturated rings. The average Bonchev–Trinajstić information content (AvgIpc) is 2.49. The Morgan fingerprint density at radius 3 is 2.11 bits per heavy atom. The summed E-state index contributed by atoms with van der Waals surface area (Å²) in [6, 6.07) is 0. The molecule has 18 heavy (non-hydrogen) atoms. The fraction of sp³-hybridized carbons (Fsp3) is 0.692. The molecule has 0 aromatic carbocycles. The summed E-state index contributed by atoms with van der Waals surface area (Å²) in [6.07, 6.45) is 8.75. The minimum Gasteiger partial charge on any atom is -1.00 e. The van der Waals surface area contributed by atoms with Crippen LogP contribution in [0.2, 0.25) is 18.6 Å². The number of rotatable bonds is 3. The molecule has 1 aliphatic carbocycles. The maximum atomic E-state index is 6.24. The van der Waals surface area contributed by atoms with Crippen molar-refractivity contribution in [2.45, 2.75) is 58.4 Å². The fourth-order valence-corrected chi connectivity index (χ4v) is 4.67. The van der Waals surface area contributed by atoms with Crippen LogP contribution in [0.15, 0.2) is 17.7 Å². The molecule has 1 unspecified atom stereocenters. The van der Waals surface area contributed by atoms with Crippen LogP contribution in [0.5, 0.6) is 0 Å². The van der Waals surface area contributed by atoms with Gasteiger partial charge in [-0.1, -0.05) is 6.92 Å². The van der Waals surface area contributed by atoms with Gasteiger partial charge >= 0.3 is 21.7 Å². The Morgan fingerprint density at radius 1 is 1.28 bits per heavy atom. The van der Waals surface area contributed by atoms with E-state index in [-0.39, 0.29) is 52.1 Å². The normalized spacial score (nSPS) is 16.0. The molecule has 1 aliphatic rings. The van der Waals surface area contributed by atoms with Crippen LogP contribution in [0.3, 0.4) is 0 Å². The van der Waals surface area contributed by atoms with Crippen molar-refractivity contribution in [3.05, 3.63) is 23.8 Å². The zero-order valence-electron chi connectivity index (χ0n) is 12.1. The van der Waals surface area contributed by atoms with Gasteiger partial charge in [0.2, 0.25) is 0 Å². The maximum Gasteiger partial charge on any atom is 3.00 e. The molecule has 1 rings (SSSR count). The SMILES string of the molecule is CC(C1=[C-]CC=C1)[Si](C)(C)OC(C)(C)C.[Cl-].[Cl-].[Ti+3]. The summed E-state index contributed by atoms with van der Waals surface area (Å²) in [7, 11) is -1.66. The Morgan fingerprint density at radius 2 is 1.78 bits per heavy atom. The molecule has 5 heteroatoms. The second-order valence-corrected chi connectivity index (χ2v) is 10.1. The molecule has 1 nitrogen and oxygen atoms in total. The van der Waals surface area contributed by atoms with E-state index < -0.39 is 8.32 Å².